The van der Waals surface area contributed by atoms with Gasteiger partial charge >= 0.3 is 29.6 Å². The van der Waals surface area contributed by atoms with Gasteiger partial charge in [0.25, 0.3) is 0 Å². The van der Waals surface area contributed by atoms with Gasteiger partial charge in [0.05, 0.1) is 6.17 Å². The average Bonchev–Trinajstić information content (AvgIpc) is 1.83. The minimum Gasteiger partial charge on any atom is -1.00 e. The molecule has 9 heavy (non-hydrogen) atoms. The second-order valence-electron chi connectivity index (χ2n) is 1.58. The quantitative estimate of drug-likeness (QED) is 0.233. The molecule has 0 aromatic rings. The van der Waals surface area contributed by atoms with Gasteiger partial charge in [0.1, 0.15) is 0 Å². The Balaban J connectivity index is -0.000000245. The molecule has 0 bridgehead atoms. The van der Waals surface area contributed by atoms with E-state index >= 15 is 0 Å². The zero-order valence-corrected chi connectivity index (χ0v) is 7.93. The third-order valence-electron chi connectivity index (χ3n) is 0.805. The van der Waals surface area contributed by atoms with Crippen molar-refractivity contribution >= 4 is 0 Å². The van der Waals surface area contributed by atoms with Gasteiger partial charge in [0.15, 0.2) is 0 Å². The van der Waals surface area contributed by atoms with Gasteiger partial charge in [-0.2, -0.15) is 0 Å². The van der Waals surface area contributed by atoms with Gasteiger partial charge in [-0.05, 0) is 0 Å². The van der Waals surface area contributed by atoms with Gasteiger partial charge in [-0.15, -0.1) is 0 Å². The first-order valence-corrected chi connectivity index (χ1v) is 2.70. The molecule has 0 fully saturated rings. The molecule has 0 amide bonds. The van der Waals surface area contributed by atoms with Crippen molar-refractivity contribution in [3.05, 3.63) is 0 Å². The molecule has 0 aromatic carbocycles. The topological polar surface area (TPSA) is 90.1 Å². The maximum absolute atomic E-state index is 5.37. The summed E-state index contributed by atoms with van der Waals surface area (Å²) in [5.41, 5.74) is 15.7. The van der Waals surface area contributed by atoms with Crippen molar-refractivity contribution in [2.24, 2.45) is 17.2 Å². The molecule has 0 saturated heterocycles. The normalized spacial score (nSPS) is 12.3. The summed E-state index contributed by atoms with van der Waals surface area (Å²) in [6.07, 6.45) is -0.0986. The predicted molar refractivity (Wildman–Crippen MR) is 35.2 cm³/mol. The van der Waals surface area contributed by atoms with Crippen LogP contribution in [0.1, 0.15) is 1.43 Å². The van der Waals surface area contributed by atoms with Crippen molar-refractivity contribution in [2.45, 2.75) is 6.17 Å². The van der Waals surface area contributed by atoms with E-state index in [2.05, 4.69) is 5.32 Å². The second kappa shape index (κ2) is 8.84. The van der Waals surface area contributed by atoms with E-state index in [1.807, 2.05) is 0 Å². The van der Waals surface area contributed by atoms with E-state index in [1.165, 1.54) is 0 Å². The van der Waals surface area contributed by atoms with Gasteiger partial charge in [0, 0.05) is 19.6 Å². The minimum atomic E-state index is -0.0986. The van der Waals surface area contributed by atoms with E-state index in [0.29, 0.717) is 13.1 Å². The van der Waals surface area contributed by atoms with Gasteiger partial charge in [-0.3, -0.25) is 5.32 Å². The second-order valence-corrected chi connectivity index (χ2v) is 1.58. The first kappa shape index (κ1) is 12.5. The minimum absolute atomic E-state index is 0. The molecule has 0 aromatic heterocycles. The molecular formula is C4H15N4Na. The third-order valence-corrected chi connectivity index (χ3v) is 0.805. The fourth-order valence-electron chi connectivity index (χ4n) is 0.352. The van der Waals surface area contributed by atoms with Gasteiger partial charge in [-0.25, -0.2) is 0 Å². The average molecular weight is 142 g/mol. The standard InChI is InChI=1S/C4H14N4.Na.H/c5-1-2-8-4(7)3-6;;/h4,8H,1-3,5-7H2;;/q;+1;-1. The van der Waals surface area contributed by atoms with Crippen LogP contribution >= 0.6 is 0 Å². The number of rotatable bonds is 4. The summed E-state index contributed by atoms with van der Waals surface area (Å²) in [5, 5.41) is 2.91. The smallest absolute Gasteiger partial charge is 1.00 e. The summed E-state index contributed by atoms with van der Waals surface area (Å²) in [4.78, 5) is 0. The fraction of sp³-hybridized carbons (Fsp3) is 1.00. The van der Waals surface area contributed by atoms with Crippen LogP contribution in [0, 0.1) is 0 Å². The summed E-state index contributed by atoms with van der Waals surface area (Å²) in [5.74, 6) is 0. The largest absolute Gasteiger partial charge is 1.00 e. The van der Waals surface area contributed by atoms with Crippen LogP contribution in [0.2, 0.25) is 0 Å². The van der Waals surface area contributed by atoms with Gasteiger partial charge in [0.2, 0.25) is 0 Å². The van der Waals surface area contributed by atoms with Crippen LogP contribution in [0.5, 0.6) is 0 Å². The third kappa shape index (κ3) is 8.84. The van der Waals surface area contributed by atoms with E-state index in [1.54, 1.807) is 0 Å². The SMILES string of the molecule is NCCNC(N)CN.[H-].[Na+]. The van der Waals surface area contributed by atoms with Crippen molar-refractivity contribution < 1.29 is 31.0 Å². The number of hydrogen-bond acceptors (Lipinski definition) is 4. The monoisotopic (exact) mass is 142 g/mol. The summed E-state index contributed by atoms with van der Waals surface area (Å²) >= 11 is 0. The van der Waals surface area contributed by atoms with Crippen molar-refractivity contribution in [3.63, 3.8) is 0 Å². The Bertz CT molecular complexity index is 56.5. The molecule has 5 heteroatoms. The Labute approximate surface area is 79.3 Å². The maximum Gasteiger partial charge on any atom is 1.00 e. The van der Waals surface area contributed by atoms with Crippen LogP contribution in [0.15, 0.2) is 0 Å². The first-order valence-electron chi connectivity index (χ1n) is 2.70. The van der Waals surface area contributed by atoms with Crippen LogP contribution in [0.4, 0.5) is 0 Å². The molecule has 0 spiro atoms. The van der Waals surface area contributed by atoms with Crippen molar-refractivity contribution in [2.75, 3.05) is 19.6 Å². The Morgan fingerprint density at radius 2 is 2.00 bits per heavy atom. The number of nitrogens with two attached hydrogens (primary N) is 3. The van der Waals surface area contributed by atoms with E-state index < -0.39 is 0 Å². The van der Waals surface area contributed by atoms with E-state index in [4.69, 9.17) is 17.2 Å². The summed E-state index contributed by atoms with van der Waals surface area (Å²) in [7, 11) is 0. The number of hydrogen-bond donors (Lipinski definition) is 4. The Kier molecular flexibility index (Phi) is 12.3. The molecule has 0 rings (SSSR count). The zero-order chi connectivity index (χ0) is 6.41. The molecule has 52 valence electrons. The van der Waals surface area contributed by atoms with Crippen LogP contribution in [0.3, 0.4) is 0 Å². The molecule has 0 aliphatic carbocycles. The molecule has 0 saturated carbocycles. The van der Waals surface area contributed by atoms with Gasteiger partial charge < -0.3 is 18.6 Å². The summed E-state index contributed by atoms with van der Waals surface area (Å²) < 4.78 is 0. The molecular weight excluding hydrogens is 127 g/mol. The van der Waals surface area contributed by atoms with E-state index in [9.17, 15) is 0 Å². The van der Waals surface area contributed by atoms with Crippen molar-refractivity contribution in [3.8, 4) is 0 Å². The van der Waals surface area contributed by atoms with Crippen LogP contribution in [-0.4, -0.2) is 25.8 Å². The van der Waals surface area contributed by atoms with E-state index in [0.717, 1.165) is 6.54 Å². The van der Waals surface area contributed by atoms with Crippen molar-refractivity contribution in [1.82, 2.24) is 5.32 Å². The summed E-state index contributed by atoms with van der Waals surface area (Å²) in [6, 6.07) is 0. The molecule has 0 aliphatic rings. The molecule has 7 N–H and O–H groups in total. The Hall–Kier alpha value is 0.840. The molecule has 0 aliphatic heterocycles. The maximum atomic E-state index is 5.37. The molecule has 0 heterocycles. The molecule has 1 atom stereocenters. The summed E-state index contributed by atoms with van der Waals surface area (Å²) in [6.45, 7) is 1.80. The molecule has 4 nitrogen and oxygen atoms in total. The Morgan fingerprint density at radius 3 is 2.33 bits per heavy atom. The fourth-order valence-corrected chi connectivity index (χ4v) is 0.352. The Morgan fingerprint density at radius 1 is 1.44 bits per heavy atom. The zero-order valence-electron chi connectivity index (χ0n) is 6.93. The van der Waals surface area contributed by atoms with Crippen LogP contribution in [0.25, 0.3) is 0 Å². The first-order chi connectivity index (χ1) is 3.81. The van der Waals surface area contributed by atoms with Crippen molar-refractivity contribution in [1.29, 1.82) is 0 Å². The van der Waals surface area contributed by atoms with Crippen LogP contribution < -0.4 is 52.1 Å². The van der Waals surface area contributed by atoms with E-state index in [-0.39, 0.29) is 37.1 Å². The molecule has 0 radical (unpaired) electrons. The molecule has 1 unspecified atom stereocenters. The van der Waals surface area contributed by atoms with Crippen LogP contribution in [-0.2, 0) is 0 Å². The number of nitrogens with one attached hydrogen (secondary N) is 1. The van der Waals surface area contributed by atoms with Gasteiger partial charge in [-0.1, -0.05) is 0 Å². The predicted octanol–water partition coefficient (Wildman–Crippen LogP) is -5.11.